The van der Waals surface area contributed by atoms with E-state index in [1.165, 1.54) is 12.1 Å². The highest BCUT2D eigenvalue weighted by atomic mass is 79.9. The average molecular weight is 257 g/mol. The minimum atomic E-state index is -0.220. The molecule has 0 fully saturated rings. The molecule has 3 N–H and O–H groups in total. The van der Waals surface area contributed by atoms with Crippen molar-refractivity contribution in [3.8, 4) is 0 Å². The third-order valence-corrected chi connectivity index (χ3v) is 2.89. The van der Waals surface area contributed by atoms with Crippen LogP contribution in [0.15, 0.2) is 22.8 Å². The van der Waals surface area contributed by atoms with E-state index < -0.39 is 0 Å². The van der Waals surface area contributed by atoms with Crippen molar-refractivity contribution in [2.45, 2.75) is 6.42 Å². The van der Waals surface area contributed by atoms with Crippen LogP contribution in [0.4, 0.5) is 4.39 Å². The third kappa shape index (κ3) is 1.55. The lowest BCUT2D eigenvalue weighted by Crippen LogP contribution is -2.02. The van der Waals surface area contributed by atoms with E-state index in [1.807, 2.05) is 0 Å². The zero-order valence-corrected chi connectivity index (χ0v) is 9.07. The zero-order chi connectivity index (χ0) is 10.1. The minimum absolute atomic E-state index is 0.220. The van der Waals surface area contributed by atoms with Gasteiger partial charge in [-0.15, -0.1) is 0 Å². The van der Waals surface area contributed by atoms with Gasteiger partial charge in [0.25, 0.3) is 0 Å². The van der Waals surface area contributed by atoms with Gasteiger partial charge in [-0.2, -0.15) is 0 Å². The third-order valence-electron chi connectivity index (χ3n) is 2.21. The molecule has 0 aliphatic rings. The maximum absolute atomic E-state index is 13.0. The number of rotatable bonds is 2. The van der Waals surface area contributed by atoms with Gasteiger partial charge in [-0.3, -0.25) is 0 Å². The Bertz CT molecular complexity index is 464. The van der Waals surface area contributed by atoms with Gasteiger partial charge >= 0.3 is 0 Å². The standard InChI is InChI=1S/C10H10BrFN2/c11-10-7(3-4-13)8-5-6(12)1-2-9(8)14-10/h1-2,5,14H,3-4,13H2. The first-order valence-electron chi connectivity index (χ1n) is 4.38. The lowest BCUT2D eigenvalue weighted by Gasteiger charge is -1.96. The molecule has 2 rings (SSSR count). The molecular formula is C10H10BrFN2. The number of aromatic nitrogens is 1. The molecule has 0 aliphatic heterocycles. The summed E-state index contributed by atoms with van der Waals surface area (Å²) >= 11 is 3.40. The predicted molar refractivity (Wildman–Crippen MR) is 58.7 cm³/mol. The number of fused-ring (bicyclic) bond motifs is 1. The number of halogens is 2. The molecule has 14 heavy (non-hydrogen) atoms. The fourth-order valence-corrected chi connectivity index (χ4v) is 2.20. The Morgan fingerprint density at radius 2 is 2.21 bits per heavy atom. The highest BCUT2D eigenvalue weighted by Gasteiger charge is 2.08. The van der Waals surface area contributed by atoms with Gasteiger partial charge in [-0.25, -0.2) is 4.39 Å². The number of hydrogen-bond acceptors (Lipinski definition) is 1. The molecular weight excluding hydrogens is 247 g/mol. The summed E-state index contributed by atoms with van der Waals surface area (Å²) in [6.45, 7) is 0.558. The molecule has 1 aromatic carbocycles. The Morgan fingerprint density at radius 1 is 1.43 bits per heavy atom. The second-order valence-corrected chi connectivity index (χ2v) is 3.94. The van der Waals surface area contributed by atoms with Crippen molar-refractivity contribution in [1.29, 1.82) is 0 Å². The maximum atomic E-state index is 13.0. The van der Waals surface area contributed by atoms with E-state index in [-0.39, 0.29) is 5.82 Å². The number of benzene rings is 1. The summed E-state index contributed by atoms with van der Waals surface area (Å²) in [6.07, 6.45) is 0.740. The Labute approximate surface area is 89.4 Å². The normalized spacial score (nSPS) is 11.1. The van der Waals surface area contributed by atoms with Crippen LogP contribution in [0.5, 0.6) is 0 Å². The van der Waals surface area contributed by atoms with Crippen molar-refractivity contribution in [3.05, 3.63) is 34.2 Å². The van der Waals surface area contributed by atoms with Crippen molar-refractivity contribution < 1.29 is 4.39 Å². The molecule has 0 spiro atoms. The fraction of sp³-hybridized carbons (Fsp3) is 0.200. The smallest absolute Gasteiger partial charge is 0.123 e. The summed E-state index contributed by atoms with van der Waals surface area (Å²) in [5.74, 6) is -0.220. The molecule has 0 amide bonds. The Kier molecular flexibility index (Phi) is 2.56. The molecule has 0 saturated heterocycles. The minimum Gasteiger partial charge on any atom is -0.349 e. The molecule has 0 unspecified atom stereocenters. The molecule has 0 aliphatic carbocycles. The fourth-order valence-electron chi connectivity index (χ4n) is 1.58. The summed E-state index contributed by atoms with van der Waals surface area (Å²) in [4.78, 5) is 3.13. The summed E-state index contributed by atoms with van der Waals surface area (Å²) < 4.78 is 13.9. The SMILES string of the molecule is NCCc1c(Br)[nH]c2ccc(F)cc12. The lowest BCUT2D eigenvalue weighted by molar-refractivity contribution is 0.629. The van der Waals surface area contributed by atoms with E-state index in [0.717, 1.165) is 27.5 Å². The van der Waals surface area contributed by atoms with E-state index in [9.17, 15) is 4.39 Å². The number of hydrogen-bond donors (Lipinski definition) is 2. The Hall–Kier alpha value is -0.870. The summed E-state index contributed by atoms with van der Waals surface area (Å²) in [7, 11) is 0. The molecule has 0 saturated carbocycles. The number of nitrogens with one attached hydrogen (secondary N) is 1. The molecule has 1 aromatic heterocycles. The summed E-state index contributed by atoms with van der Waals surface area (Å²) in [5, 5.41) is 0.905. The largest absolute Gasteiger partial charge is 0.349 e. The van der Waals surface area contributed by atoms with Gasteiger partial charge in [0.1, 0.15) is 5.82 Å². The van der Waals surface area contributed by atoms with E-state index in [0.29, 0.717) is 6.54 Å². The van der Waals surface area contributed by atoms with Crippen LogP contribution in [0.3, 0.4) is 0 Å². The van der Waals surface area contributed by atoms with Gasteiger partial charge in [0.15, 0.2) is 0 Å². The van der Waals surface area contributed by atoms with Gasteiger partial charge in [0.05, 0.1) is 4.60 Å². The van der Waals surface area contributed by atoms with Crippen LogP contribution >= 0.6 is 15.9 Å². The Morgan fingerprint density at radius 3 is 2.93 bits per heavy atom. The van der Waals surface area contributed by atoms with Gasteiger partial charge in [-0.05, 0) is 52.7 Å². The van der Waals surface area contributed by atoms with Crippen LogP contribution in [0.25, 0.3) is 10.9 Å². The summed E-state index contributed by atoms with van der Waals surface area (Å²) in [6, 6.07) is 4.70. The molecule has 2 aromatic rings. The topological polar surface area (TPSA) is 41.8 Å². The van der Waals surface area contributed by atoms with Crippen molar-refractivity contribution in [1.82, 2.24) is 4.98 Å². The van der Waals surface area contributed by atoms with Gasteiger partial charge < -0.3 is 10.7 Å². The highest BCUT2D eigenvalue weighted by molar-refractivity contribution is 9.10. The number of nitrogens with two attached hydrogens (primary N) is 1. The molecule has 0 bridgehead atoms. The summed E-state index contributed by atoms with van der Waals surface area (Å²) in [5.41, 5.74) is 7.46. The number of aromatic amines is 1. The van der Waals surface area contributed by atoms with Crippen LogP contribution in [-0.4, -0.2) is 11.5 Å². The second kappa shape index (κ2) is 3.71. The quantitative estimate of drug-likeness (QED) is 0.853. The van der Waals surface area contributed by atoms with Gasteiger partial charge in [-0.1, -0.05) is 0 Å². The molecule has 0 radical (unpaired) electrons. The van der Waals surface area contributed by atoms with Crippen molar-refractivity contribution in [2.75, 3.05) is 6.54 Å². The first-order chi connectivity index (χ1) is 6.72. The first kappa shape index (κ1) is 9.68. The lowest BCUT2D eigenvalue weighted by atomic mass is 10.1. The number of H-pyrrole nitrogens is 1. The van der Waals surface area contributed by atoms with E-state index >= 15 is 0 Å². The first-order valence-corrected chi connectivity index (χ1v) is 5.17. The molecule has 74 valence electrons. The predicted octanol–water partition coefficient (Wildman–Crippen LogP) is 2.57. The van der Waals surface area contributed by atoms with Crippen molar-refractivity contribution in [3.63, 3.8) is 0 Å². The van der Waals surface area contributed by atoms with E-state index in [1.54, 1.807) is 6.07 Å². The molecule has 1 heterocycles. The van der Waals surface area contributed by atoms with Crippen LogP contribution in [-0.2, 0) is 6.42 Å². The highest BCUT2D eigenvalue weighted by Crippen LogP contribution is 2.27. The second-order valence-electron chi connectivity index (χ2n) is 3.15. The zero-order valence-electron chi connectivity index (χ0n) is 7.48. The van der Waals surface area contributed by atoms with E-state index in [4.69, 9.17) is 5.73 Å². The molecule has 0 atom stereocenters. The monoisotopic (exact) mass is 256 g/mol. The van der Waals surface area contributed by atoms with Gasteiger partial charge in [0, 0.05) is 10.9 Å². The van der Waals surface area contributed by atoms with Crippen LogP contribution in [0.2, 0.25) is 0 Å². The van der Waals surface area contributed by atoms with Crippen LogP contribution in [0.1, 0.15) is 5.56 Å². The molecule has 4 heteroatoms. The Balaban J connectivity index is 2.66. The maximum Gasteiger partial charge on any atom is 0.123 e. The molecule has 2 nitrogen and oxygen atoms in total. The average Bonchev–Trinajstić information content (AvgIpc) is 2.45. The van der Waals surface area contributed by atoms with Crippen molar-refractivity contribution >= 4 is 26.8 Å². The van der Waals surface area contributed by atoms with Crippen molar-refractivity contribution in [2.24, 2.45) is 5.73 Å². The van der Waals surface area contributed by atoms with E-state index in [2.05, 4.69) is 20.9 Å². The van der Waals surface area contributed by atoms with Crippen LogP contribution < -0.4 is 5.73 Å². The van der Waals surface area contributed by atoms with Gasteiger partial charge in [0.2, 0.25) is 0 Å². The van der Waals surface area contributed by atoms with Crippen LogP contribution in [0, 0.1) is 5.82 Å².